The molecule has 0 spiro atoms. The third-order valence-corrected chi connectivity index (χ3v) is 3.77. The zero-order valence-corrected chi connectivity index (χ0v) is 13.1. The molecule has 1 aromatic rings. The first-order valence-electron chi connectivity index (χ1n) is 4.12. The number of rotatable bonds is 1. The number of thioether (sulfide) groups is 1. The van der Waals surface area contributed by atoms with E-state index >= 15 is 0 Å². The predicted molar refractivity (Wildman–Crippen MR) is 76.2 cm³/mol. The first kappa shape index (κ1) is 14.8. The van der Waals surface area contributed by atoms with Crippen molar-refractivity contribution >= 4 is 66.1 Å². The normalized spacial score (nSPS) is 11.2. The second kappa shape index (κ2) is 6.59. The van der Waals surface area contributed by atoms with Crippen LogP contribution >= 0.6 is 55.2 Å². The molecule has 0 aliphatic carbocycles. The number of nitrogens with zero attached hydrogens (tertiary/aromatic N) is 2. The van der Waals surface area contributed by atoms with Crippen LogP contribution < -0.4 is 5.32 Å². The summed E-state index contributed by atoms with van der Waals surface area (Å²) >= 11 is 13.3. The van der Waals surface area contributed by atoms with Crippen LogP contribution in [-0.4, -0.2) is 11.4 Å². The number of halogens is 4. The lowest BCUT2D eigenvalue weighted by atomic mass is 10.3. The van der Waals surface area contributed by atoms with Crippen molar-refractivity contribution in [1.29, 1.82) is 5.26 Å². The number of hydrogen-bond acceptors (Lipinski definition) is 3. The van der Waals surface area contributed by atoms with Gasteiger partial charge >= 0.3 is 0 Å². The quantitative estimate of drug-likeness (QED) is 0.189. The first-order valence-corrected chi connectivity index (χ1v) is 7.31. The minimum absolute atomic E-state index is 0.113. The molecule has 1 N–H and O–H groups in total. The Morgan fingerprint density at radius 1 is 1.59 bits per heavy atom. The molecular formula is C9H5Br2ClFN3S. The molecule has 0 amide bonds. The smallest absolute Gasteiger partial charge is 0.183 e. The molecule has 8 heteroatoms. The molecule has 1 aromatic carbocycles. The Balaban J connectivity index is 3.33. The van der Waals surface area contributed by atoms with Crippen molar-refractivity contribution in [1.82, 2.24) is 5.32 Å². The van der Waals surface area contributed by atoms with Crippen LogP contribution in [0.3, 0.4) is 0 Å². The highest BCUT2D eigenvalue weighted by Crippen LogP contribution is 2.39. The molecule has 0 fully saturated rings. The maximum Gasteiger partial charge on any atom is 0.183 e. The van der Waals surface area contributed by atoms with E-state index < -0.39 is 5.82 Å². The summed E-state index contributed by atoms with van der Waals surface area (Å²) in [7, 11) is 0. The fourth-order valence-corrected chi connectivity index (χ4v) is 2.99. The standard InChI is InChI=1S/C9H5Br2ClFN3S/c1-17-9(15-3-14)16-8-5(11)2-4(10)7(13)6(8)12/h2H,1H3,(H,15,16). The number of benzene rings is 1. The van der Waals surface area contributed by atoms with Crippen molar-refractivity contribution in [3.63, 3.8) is 0 Å². The first-order chi connectivity index (χ1) is 8.01. The molecule has 3 nitrogen and oxygen atoms in total. The van der Waals surface area contributed by atoms with E-state index in [1.807, 2.05) is 0 Å². The third kappa shape index (κ3) is 3.58. The van der Waals surface area contributed by atoms with Crippen LogP contribution in [0, 0.1) is 17.3 Å². The second-order valence-corrected chi connectivity index (χ2v) is 5.56. The van der Waals surface area contributed by atoms with Crippen molar-refractivity contribution in [2.24, 2.45) is 4.99 Å². The summed E-state index contributed by atoms with van der Waals surface area (Å²) in [5.74, 6) is -0.592. The minimum Gasteiger partial charge on any atom is -0.271 e. The van der Waals surface area contributed by atoms with Crippen LogP contribution in [-0.2, 0) is 0 Å². The maximum absolute atomic E-state index is 13.6. The zero-order valence-electron chi connectivity index (χ0n) is 8.39. The van der Waals surface area contributed by atoms with Gasteiger partial charge in [0.1, 0.15) is 10.7 Å². The zero-order chi connectivity index (χ0) is 13.0. The van der Waals surface area contributed by atoms with Gasteiger partial charge < -0.3 is 0 Å². The molecule has 0 aromatic heterocycles. The van der Waals surface area contributed by atoms with Gasteiger partial charge in [-0.25, -0.2) is 9.38 Å². The van der Waals surface area contributed by atoms with Crippen LogP contribution in [0.25, 0.3) is 0 Å². The molecule has 0 saturated heterocycles. The summed E-state index contributed by atoms with van der Waals surface area (Å²) in [6.45, 7) is 0. The molecule has 90 valence electrons. The van der Waals surface area contributed by atoms with E-state index in [1.54, 1.807) is 12.4 Å². The molecule has 1 rings (SSSR count). The number of aliphatic imine (C=N–C) groups is 1. The van der Waals surface area contributed by atoms with E-state index in [9.17, 15) is 4.39 Å². The molecule has 0 unspecified atom stereocenters. The molecular weight excluding hydrogens is 396 g/mol. The topological polar surface area (TPSA) is 48.2 Å². The van der Waals surface area contributed by atoms with Crippen molar-refractivity contribution in [2.45, 2.75) is 0 Å². The average Bonchev–Trinajstić information content (AvgIpc) is 2.30. The van der Waals surface area contributed by atoms with Gasteiger partial charge in [0.15, 0.2) is 17.2 Å². The van der Waals surface area contributed by atoms with Crippen molar-refractivity contribution in [3.8, 4) is 6.19 Å². The average molecular weight is 401 g/mol. The molecule has 0 heterocycles. The van der Waals surface area contributed by atoms with Crippen molar-refractivity contribution < 1.29 is 4.39 Å². The Hall–Kier alpha value is -0.290. The summed E-state index contributed by atoms with van der Waals surface area (Å²) in [6, 6.07) is 1.50. The van der Waals surface area contributed by atoms with E-state index in [1.165, 1.54) is 17.8 Å². The van der Waals surface area contributed by atoms with Crippen LogP contribution in [0.4, 0.5) is 10.1 Å². The molecule has 0 saturated carbocycles. The largest absolute Gasteiger partial charge is 0.271 e. The third-order valence-electron chi connectivity index (χ3n) is 1.66. The Morgan fingerprint density at radius 3 is 2.76 bits per heavy atom. The van der Waals surface area contributed by atoms with Gasteiger partial charge in [-0.05, 0) is 44.2 Å². The maximum atomic E-state index is 13.6. The summed E-state index contributed by atoms with van der Waals surface area (Å²) in [4.78, 5) is 4.07. The van der Waals surface area contributed by atoms with E-state index in [-0.39, 0.29) is 15.2 Å². The lowest BCUT2D eigenvalue weighted by molar-refractivity contribution is 0.621. The lowest BCUT2D eigenvalue weighted by Gasteiger charge is -2.06. The number of nitrogens with one attached hydrogen (secondary N) is 1. The van der Waals surface area contributed by atoms with Gasteiger partial charge in [0.2, 0.25) is 0 Å². The van der Waals surface area contributed by atoms with Crippen LogP contribution in [0.5, 0.6) is 0 Å². The Morgan fingerprint density at radius 2 is 2.24 bits per heavy atom. The predicted octanol–water partition coefficient (Wildman–Crippen LogP) is 4.43. The highest BCUT2D eigenvalue weighted by molar-refractivity contribution is 9.11. The molecule has 0 radical (unpaired) electrons. The molecule has 0 atom stereocenters. The highest BCUT2D eigenvalue weighted by Gasteiger charge is 2.14. The molecule has 17 heavy (non-hydrogen) atoms. The van der Waals surface area contributed by atoms with Crippen molar-refractivity contribution in [2.75, 3.05) is 6.26 Å². The van der Waals surface area contributed by atoms with E-state index in [4.69, 9.17) is 16.9 Å². The Kier molecular flexibility index (Phi) is 5.73. The number of nitriles is 1. The van der Waals surface area contributed by atoms with Crippen LogP contribution in [0.1, 0.15) is 0 Å². The van der Waals surface area contributed by atoms with Gasteiger partial charge in [-0.3, -0.25) is 5.32 Å². The summed E-state index contributed by atoms with van der Waals surface area (Å²) < 4.78 is 14.3. The van der Waals surface area contributed by atoms with Gasteiger partial charge in [-0.1, -0.05) is 23.4 Å². The molecule has 0 aliphatic heterocycles. The van der Waals surface area contributed by atoms with E-state index in [0.717, 1.165) is 0 Å². The van der Waals surface area contributed by atoms with Gasteiger partial charge in [-0.15, -0.1) is 0 Å². The monoisotopic (exact) mass is 399 g/mol. The SMILES string of the molecule is CSC(=Nc1c(Br)cc(Br)c(F)c1Cl)NC#N. The summed E-state index contributed by atoms with van der Waals surface area (Å²) in [5.41, 5.74) is 0.236. The minimum atomic E-state index is -0.592. The fraction of sp³-hybridized carbons (Fsp3) is 0.111. The van der Waals surface area contributed by atoms with Gasteiger partial charge in [0.25, 0.3) is 0 Å². The van der Waals surface area contributed by atoms with E-state index in [0.29, 0.717) is 9.64 Å². The van der Waals surface area contributed by atoms with Gasteiger partial charge in [0, 0.05) is 4.47 Å². The summed E-state index contributed by atoms with van der Waals surface area (Å²) in [6.07, 6.45) is 3.48. The molecule has 0 bridgehead atoms. The fourth-order valence-electron chi connectivity index (χ4n) is 0.933. The highest BCUT2D eigenvalue weighted by atomic mass is 79.9. The van der Waals surface area contributed by atoms with Crippen LogP contribution in [0.2, 0.25) is 5.02 Å². The number of hydrogen-bond donors (Lipinski definition) is 1. The lowest BCUT2D eigenvalue weighted by Crippen LogP contribution is -2.12. The second-order valence-electron chi connectivity index (χ2n) is 2.67. The van der Waals surface area contributed by atoms with Crippen molar-refractivity contribution in [3.05, 3.63) is 25.9 Å². The van der Waals surface area contributed by atoms with E-state index in [2.05, 4.69) is 42.2 Å². The van der Waals surface area contributed by atoms with Crippen LogP contribution in [0.15, 0.2) is 20.0 Å². The van der Waals surface area contributed by atoms with Gasteiger partial charge in [-0.2, -0.15) is 5.26 Å². The Labute approximate surface area is 124 Å². The van der Waals surface area contributed by atoms with Gasteiger partial charge in [0.05, 0.1) is 4.47 Å². The summed E-state index contributed by atoms with van der Waals surface area (Å²) in [5, 5.41) is 11.1. The Bertz CT molecular complexity index is 516. The number of amidine groups is 1. The molecule has 0 aliphatic rings.